The van der Waals surface area contributed by atoms with Crippen molar-refractivity contribution in [1.82, 2.24) is 0 Å². The molecule has 1 aromatic carbocycles. The Kier molecular flexibility index (Phi) is 1.88. The van der Waals surface area contributed by atoms with Crippen molar-refractivity contribution in [2.45, 2.75) is 0 Å². The molecule has 2 nitrogen and oxygen atoms in total. The fraction of sp³-hybridized carbons (Fsp3) is 0. The van der Waals surface area contributed by atoms with E-state index >= 15 is 0 Å². The molecular formula is C10H5BrO2. The predicted molar refractivity (Wildman–Crippen MR) is 52.5 cm³/mol. The lowest BCUT2D eigenvalue weighted by molar-refractivity contribution is -0.110. The minimum Gasteiger partial charge on any atom is -0.286 e. The van der Waals surface area contributed by atoms with E-state index in [0.717, 1.165) is 5.56 Å². The van der Waals surface area contributed by atoms with Gasteiger partial charge in [0.2, 0.25) is 11.6 Å². The Labute approximate surface area is 83.4 Å². The highest BCUT2D eigenvalue weighted by molar-refractivity contribution is 9.10. The van der Waals surface area contributed by atoms with E-state index in [1.807, 2.05) is 6.07 Å². The van der Waals surface area contributed by atoms with Crippen LogP contribution in [-0.4, -0.2) is 11.6 Å². The maximum absolute atomic E-state index is 11.4. The van der Waals surface area contributed by atoms with Gasteiger partial charge in [0.1, 0.15) is 0 Å². The van der Waals surface area contributed by atoms with Gasteiger partial charge in [0, 0.05) is 10.0 Å². The first-order chi connectivity index (χ1) is 6.20. The minimum atomic E-state index is -0.459. The van der Waals surface area contributed by atoms with E-state index in [1.54, 1.807) is 18.2 Å². The van der Waals surface area contributed by atoms with Crippen molar-refractivity contribution in [2.24, 2.45) is 0 Å². The second kappa shape index (κ2) is 2.92. The van der Waals surface area contributed by atoms with Crippen molar-refractivity contribution in [3.05, 3.63) is 39.9 Å². The molecule has 0 spiro atoms. The van der Waals surface area contributed by atoms with Gasteiger partial charge >= 0.3 is 0 Å². The first-order valence-corrected chi connectivity index (χ1v) is 4.54. The Balaban J connectivity index is 2.74. The van der Waals surface area contributed by atoms with Crippen LogP contribution >= 0.6 is 15.9 Å². The lowest BCUT2D eigenvalue weighted by atomic mass is 9.96. The summed E-state index contributed by atoms with van der Waals surface area (Å²) in [7, 11) is 0. The summed E-state index contributed by atoms with van der Waals surface area (Å²) in [6, 6.07) is 5.39. The molecule has 0 saturated heterocycles. The highest BCUT2D eigenvalue weighted by Gasteiger charge is 2.22. The number of hydrogen-bond acceptors (Lipinski definition) is 2. The lowest BCUT2D eigenvalue weighted by Crippen LogP contribution is -2.16. The zero-order chi connectivity index (χ0) is 9.42. The molecular weight excluding hydrogens is 232 g/mol. The molecule has 1 aromatic rings. The second-order valence-corrected chi connectivity index (χ2v) is 3.59. The third-order valence-corrected chi connectivity index (χ3v) is 2.57. The van der Waals surface area contributed by atoms with Crippen LogP contribution in [0, 0.1) is 0 Å². The normalized spacial score (nSPS) is 14.5. The van der Waals surface area contributed by atoms with Gasteiger partial charge in [-0.3, -0.25) is 9.59 Å². The van der Waals surface area contributed by atoms with Crippen molar-refractivity contribution in [2.75, 3.05) is 0 Å². The van der Waals surface area contributed by atoms with E-state index in [-0.39, 0.29) is 0 Å². The van der Waals surface area contributed by atoms with Crippen LogP contribution in [0.1, 0.15) is 15.9 Å². The molecule has 2 rings (SSSR count). The van der Waals surface area contributed by atoms with Crippen LogP contribution in [0.2, 0.25) is 0 Å². The van der Waals surface area contributed by atoms with Crippen LogP contribution in [0.3, 0.4) is 0 Å². The number of ketones is 2. The number of allylic oxidation sites excluding steroid dienone is 1. The van der Waals surface area contributed by atoms with E-state index in [1.165, 1.54) is 6.08 Å². The van der Waals surface area contributed by atoms with Crippen molar-refractivity contribution in [3.63, 3.8) is 0 Å². The van der Waals surface area contributed by atoms with Gasteiger partial charge in [-0.1, -0.05) is 34.1 Å². The molecule has 13 heavy (non-hydrogen) atoms. The molecule has 0 atom stereocenters. The number of carbonyl (C=O) groups excluding carboxylic acids is 2. The largest absolute Gasteiger partial charge is 0.286 e. The quantitative estimate of drug-likeness (QED) is 0.648. The summed E-state index contributed by atoms with van der Waals surface area (Å²) in [5.74, 6) is -0.899. The summed E-state index contributed by atoms with van der Waals surface area (Å²) in [6.45, 7) is 0. The van der Waals surface area contributed by atoms with Crippen LogP contribution in [0.4, 0.5) is 0 Å². The molecule has 0 fully saturated rings. The van der Waals surface area contributed by atoms with Crippen molar-refractivity contribution in [3.8, 4) is 0 Å². The average Bonchev–Trinajstić information content (AvgIpc) is 2.12. The Morgan fingerprint density at radius 3 is 2.62 bits per heavy atom. The van der Waals surface area contributed by atoms with Gasteiger partial charge < -0.3 is 0 Å². The summed E-state index contributed by atoms with van der Waals surface area (Å²) in [4.78, 5) is 22.5. The third kappa shape index (κ3) is 1.25. The van der Waals surface area contributed by atoms with E-state index in [2.05, 4.69) is 15.9 Å². The average molecular weight is 237 g/mol. The molecule has 0 bridgehead atoms. The smallest absolute Gasteiger partial charge is 0.234 e. The molecule has 0 N–H and O–H groups in total. The van der Waals surface area contributed by atoms with Gasteiger partial charge in [0.25, 0.3) is 0 Å². The zero-order valence-corrected chi connectivity index (χ0v) is 8.17. The number of benzene rings is 1. The maximum atomic E-state index is 11.4. The Morgan fingerprint density at radius 1 is 1.08 bits per heavy atom. The SMILES string of the molecule is O=C1C=Cc2cccc(Br)c2C1=O. The van der Waals surface area contributed by atoms with E-state index in [4.69, 9.17) is 0 Å². The highest BCUT2D eigenvalue weighted by Crippen LogP contribution is 2.25. The number of carbonyl (C=O) groups is 2. The van der Waals surface area contributed by atoms with E-state index in [0.29, 0.717) is 10.0 Å². The molecule has 0 unspecified atom stereocenters. The first-order valence-electron chi connectivity index (χ1n) is 3.75. The van der Waals surface area contributed by atoms with Crippen molar-refractivity contribution < 1.29 is 9.59 Å². The first kappa shape index (κ1) is 8.38. The number of fused-ring (bicyclic) bond motifs is 1. The third-order valence-electron chi connectivity index (χ3n) is 1.91. The molecule has 1 aliphatic rings. The van der Waals surface area contributed by atoms with Gasteiger partial charge in [-0.2, -0.15) is 0 Å². The summed E-state index contributed by atoms with van der Waals surface area (Å²) >= 11 is 3.24. The van der Waals surface area contributed by atoms with Gasteiger partial charge in [-0.05, 0) is 17.7 Å². The summed E-state index contributed by atoms with van der Waals surface area (Å²) in [5, 5.41) is 0. The van der Waals surface area contributed by atoms with Crippen LogP contribution in [0.15, 0.2) is 28.7 Å². The van der Waals surface area contributed by atoms with Crippen LogP contribution in [0.25, 0.3) is 6.08 Å². The number of Topliss-reactive ketones (excluding diaryl/α,β-unsaturated/α-hetero) is 1. The number of rotatable bonds is 0. The molecule has 0 aliphatic heterocycles. The number of halogens is 1. The zero-order valence-electron chi connectivity index (χ0n) is 6.58. The van der Waals surface area contributed by atoms with Gasteiger partial charge in [-0.25, -0.2) is 0 Å². The van der Waals surface area contributed by atoms with Gasteiger partial charge in [0.15, 0.2) is 0 Å². The standard InChI is InChI=1S/C10H5BrO2/c11-7-3-1-2-6-4-5-8(12)10(13)9(6)7/h1-5H. The fourth-order valence-electron chi connectivity index (χ4n) is 1.28. The summed E-state index contributed by atoms with van der Waals surface area (Å²) < 4.78 is 0.674. The molecule has 1 aliphatic carbocycles. The molecule has 0 saturated carbocycles. The summed E-state index contributed by atoms with van der Waals surface area (Å²) in [6.07, 6.45) is 2.96. The van der Waals surface area contributed by atoms with E-state index in [9.17, 15) is 9.59 Å². The Hall–Kier alpha value is -1.22. The molecule has 0 heterocycles. The molecule has 0 aromatic heterocycles. The second-order valence-electron chi connectivity index (χ2n) is 2.73. The van der Waals surface area contributed by atoms with Gasteiger partial charge in [0.05, 0.1) is 0 Å². The van der Waals surface area contributed by atoms with Crippen LogP contribution in [-0.2, 0) is 4.79 Å². The molecule has 0 amide bonds. The topological polar surface area (TPSA) is 34.1 Å². The van der Waals surface area contributed by atoms with Crippen molar-refractivity contribution in [1.29, 1.82) is 0 Å². The van der Waals surface area contributed by atoms with Crippen LogP contribution < -0.4 is 0 Å². The van der Waals surface area contributed by atoms with Crippen molar-refractivity contribution >= 4 is 33.6 Å². The minimum absolute atomic E-state index is 0.440. The molecule has 0 radical (unpaired) electrons. The molecule has 3 heteroatoms. The summed E-state index contributed by atoms with van der Waals surface area (Å²) in [5.41, 5.74) is 1.26. The highest BCUT2D eigenvalue weighted by atomic mass is 79.9. The maximum Gasteiger partial charge on any atom is 0.234 e. The predicted octanol–water partition coefficient (Wildman–Crippen LogP) is 2.23. The Bertz CT molecular complexity index is 433. The van der Waals surface area contributed by atoms with Gasteiger partial charge in [-0.15, -0.1) is 0 Å². The fourth-order valence-corrected chi connectivity index (χ4v) is 1.85. The monoisotopic (exact) mass is 236 g/mol. The van der Waals surface area contributed by atoms with E-state index < -0.39 is 11.6 Å². The number of hydrogen-bond donors (Lipinski definition) is 0. The Morgan fingerprint density at radius 2 is 1.85 bits per heavy atom. The lowest BCUT2D eigenvalue weighted by Gasteiger charge is -2.09. The van der Waals surface area contributed by atoms with Crippen LogP contribution in [0.5, 0.6) is 0 Å². The molecule has 64 valence electrons.